The van der Waals surface area contributed by atoms with Crippen molar-refractivity contribution in [3.8, 4) is 0 Å². The van der Waals surface area contributed by atoms with Crippen LogP contribution in [0, 0.1) is 20.2 Å². The van der Waals surface area contributed by atoms with Crippen molar-refractivity contribution in [2.24, 2.45) is 33.1 Å². The van der Waals surface area contributed by atoms with Gasteiger partial charge in [0.25, 0.3) is 11.4 Å². The number of hydrazone groups is 2. The summed E-state index contributed by atoms with van der Waals surface area (Å²) in [5.41, 5.74) is 21.0. The Morgan fingerprint density at radius 3 is 1.15 bits per heavy atom. The van der Waals surface area contributed by atoms with E-state index in [2.05, 4.69) is 20.4 Å². The molecule has 0 aliphatic heterocycles. The Morgan fingerprint density at radius 2 is 0.976 bits per heavy atom. The van der Waals surface area contributed by atoms with E-state index < -0.39 is 21.8 Å². The number of guanidine groups is 2. The summed E-state index contributed by atoms with van der Waals surface area (Å²) in [6.07, 6.45) is 0. The molecular formula is C22H32N10O9. The summed E-state index contributed by atoms with van der Waals surface area (Å²) in [5.74, 6) is -2.60. The molecule has 0 radical (unpaired) electrons. The van der Waals surface area contributed by atoms with Crippen molar-refractivity contribution in [3.63, 3.8) is 0 Å². The maximum Gasteiger partial charge on any atom is 0.362 e. The van der Waals surface area contributed by atoms with Crippen LogP contribution >= 0.6 is 0 Å². The molecule has 0 aliphatic rings. The molecule has 0 aromatic heterocycles. The van der Waals surface area contributed by atoms with Gasteiger partial charge in [-0.3, -0.25) is 43.2 Å². The molecule has 0 atom stereocenters. The highest BCUT2D eigenvalue weighted by atomic mass is 16.6. The zero-order valence-corrected chi connectivity index (χ0v) is 22.5. The molecule has 2 aromatic carbocycles. The van der Waals surface area contributed by atoms with Crippen LogP contribution < -0.4 is 43.4 Å². The number of aromatic carboxylic acids is 2. The van der Waals surface area contributed by atoms with Gasteiger partial charge in [-0.1, -0.05) is 24.3 Å². The summed E-state index contributed by atoms with van der Waals surface area (Å²) < 4.78 is 0. The first-order valence-electron chi connectivity index (χ1n) is 10.7. The molecule has 12 N–H and O–H groups in total. The Hall–Kier alpha value is -5.98. The van der Waals surface area contributed by atoms with Gasteiger partial charge in [0.2, 0.25) is 0 Å². The minimum atomic E-state index is -1.42. The van der Waals surface area contributed by atoms with Gasteiger partial charge in [0.1, 0.15) is 0 Å². The second-order valence-electron chi connectivity index (χ2n) is 7.44. The smallest absolute Gasteiger partial charge is 0.362 e. The van der Waals surface area contributed by atoms with Crippen LogP contribution in [0.3, 0.4) is 0 Å². The predicted octanol–water partition coefficient (Wildman–Crippen LogP) is -5.44. The average molecular weight is 581 g/mol. The van der Waals surface area contributed by atoms with E-state index in [0.717, 1.165) is 23.6 Å². The van der Waals surface area contributed by atoms with Gasteiger partial charge in [-0.25, -0.2) is 0 Å². The standard InChI is InChI=1S/2C7H5NO4.2C4H10N4.H2O/c2*9-7(10)5-2-1-3-6(4-5)8(11)12;2*1-3(2)7-8-4(5)6;/h2*1-4H,(H,9,10);2*1-2H3,(H4,5,6,8);1H2. The number of non-ortho nitro benzene ring substituents is 2. The average Bonchev–Trinajstić information content (AvgIpc) is 2.87. The number of nitrogens with zero attached hydrogens (tertiary/aromatic N) is 4. The minimum absolute atomic E-state index is 0. The number of nitrogens with one attached hydrogen (secondary N) is 2. The largest absolute Gasteiger partial charge is 0.545 e. The van der Waals surface area contributed by atoms with E-state index in [9.17, 15) is 40.0 Å². The number of hydrogen-bond donors (Lipinski definition) is 6. The Kier molecular flexibility index (Phi) is 20.3. The zero-order chi connectivity index (χ0) is 31.4. The molecule has 0 amide bonds. The summed E-state index contributed by atoms with van der Waals surface area (Å²) in [6, 6.07) is 9.40. The Bertz CT molecular complexity index is 1100. The lowest BCUT2D eigenvalue weighted by Crippen LogP contribution is -2.72. The fraction of sp³-hybridized carbons (Fsp3) is 0.182. The molecule has 2 aromatic rings. The van der Waals surface area contributed by atoms with Crippen molar-refractivity contribution in [2.45, 2.75) is 27.7 Å². The zero-order valence-electron chi connectivity index (χ0n) is 22.5. The van der Waals surface area contributed by atoms with E-state index in [1.165, 1.54) is 36.4 Å². The summed E-state index contributed by atoms with van der Waals surface area (Å²) >= 11 is 0. The van der Waals surface area contributed by atoms with Crippen molar-refractivity contribution < 1.29 is 45.3 Å². The number of nitrogens with two attached hydrogens (primary N) is 4. The first-order valence-corrected chi connectivity index (χ1v) is 10.7. The lowest BCUT2D eigenvalue weighted by Gasteiger charge is -1.99. The maximum absolute atomic E-state index is 10.2. The van der Waals surface area contributed by atoms with E-state index in [1.807, 2.05) is 27.7 Å². The molecule has 19 heteroatoms. The van der Waals surface area contributed by atoms with Crippen molar-refractivity contribution in [2.75, 3.05) is 0 Å². The summed E-state index contributed by atoms with van der Waals surface area (Å²) in [7, 11) is 0. The van der Waals surface area contributed by atoms with Crippen LogP contribution in [0.4, 0.5) is 11.4 Å². The summed E-state index contributed by atoms with van der Waals surface area (Å²) in [5, 5.41) is 53.0. The number of carbonyl (C=O) groups excluding carboxylic acids is 2. The number of carboxylic acid groups (broad SMARTS) is 2. The topological polar surface area (TPSA) is 355 Å². The van der Waals surface area contributed by atoms with E-state index in [0.29, 0.717) is 0 Å². The van der Waals surface area contributed by atoms with Gasteiger partial charge in [0.15, 0.2) is 0 Å². The lowest BCUT2D eigenvalue weighted by molar-refractivity contribution is -0.464. The second-order valence-corrected chi connectivity index (χ2v) is 7.44. The fourth-order valence-corrected chi connectivity index (χ4v) is 1.85. The van der Waals surface area contributed by atoms with Gasteiger partial charge in [0.05, 0.1) is 21.8 Å². The van der Waals surface area contributed by atoms with Crippen molar-refractivity contribution in [1.29, 1.82) is 0 Å². The first kappa shape index (κ1) is 39.5. The predicted molar refractivity (Wildman–Crippen MR) is 145 cm³/mol. The first-order chi connectivity index (χ1) is 18.5. The Labute approximate surface area is 233 Å². The highest BCUT2D eigenvalue weighted by molar-refractivity contribution is 5.87. The van der Waals surface area contributed by atoms with Crippen molar-refractivity contribution in [1.82, 2.24) is 0 Å². The maximum atomic E-state index is 10.2. The van der Waals surface area contributed by atoms with Crippen molar-refractivity contribution >= 4 is 46.7 Å². The SMILES string of the molecule is CC(C)=N[NH+]=C(N)N.CC(C)=N[NH+]=C(N)N.O.O=C([O-])c1cccc([N+](=O)[O-])c1.O=C([O-])c1cccc([N+](=O)[O-])c1. The summed E-state index contributed by atoms with van der Waals surface area (Å²) in [6.45, 7) is 7.37. The minimum Gasteiger partial charge on any atom is -0.545 e. The highest BCUT2D eigenvalue weighted by Crippen LogP contribution is 2.12. The quantitative estimate of drug-likeness (QED) is 0.0806. The molecule has 224 valence electrons. The third-order valence-electron chi connectivity index (χ3n) is 3.40. The number of rotatable bonds is 6. The summed E-state index contributed by atoms with van der Waals surface area (Å²) in [4.78, 5) is 39.5. The molecule has 41 heavy (non-hydrogen) atoms. The van der Waals surface area contributed by atoms with Crippen LogP contribution in [0.5, 0.6) is 0 Å². The van der Waals surface area contributed by atoms with Gasteiger partial charge in [0, 0.05) is 46.8 Å². The van der Waals surface area contributed by atoms with Gasteiger partial charge < -0.3 is 25.3 Å². The van der Waals surface area contributed by atoms with Gasteiger partial charge in [-0.05, 0) is 27.7 Å². The number of carbonyl (C=O) groups is 2. The van der Waals surface area contributed by atoms with Crippen LogP contribution in [0.15, 0.2) is 58.7 Å². The molecule has 0 aliphatic carbocycles. The van der Waals surface area contributed by atoms with Crippen LogP contribution in [0.2, 0.25) is 0 Å². The Balaban J connectivity index is -0.000000476. The van der Waals surface area contributed by atoms with E-state index >= 15 is 0 Å². The Morgan fingerprint density at radius 1 is 0.683 bits per heavy atom. The highest BCUT2D eigenvalue weighted by Gasteiger charge is 2.05. The fourth-order valence-electron chi connectivity index (χ4n) is 1.85. The lowest BCUT2D eigenvalue weighted by atomic mass is 10.2. The number of benzene rings is 2. The van der Waals surface area contributed by atoms with Gasteiger partial charge in [-0.2, -0.15) is 10.2 Å². The normalized spacial score (nSPS) is 8.49. The molecule has 0 saturated heterocycles. The monoisotopic (exact) mass is 580 g/mol. The molecule has 0 heterocycles. The molecule has 0 bridgehead atoms. The van der Waals surface area contributed by atoms with Crippen LogP contribution in [0.25, 0.3) is 0 Å². The third kappa shape index (κ3) is 21.8. The van der Waals surface area contributed by atoms with E-state index in [1.54, 1.807) is 0 Å². The van der Waals surface area contributed by atoms with Crippen molar-refractivity contribution in [3.05, 3.63) is 79.9 Å². The number of carboxylic acids is 2. The van der Waals surface area contributed by atoms with Crippen LogP contribution in [-0.4, -0.2) is 50.6 Å². The van der Waals surface area contributed by atoms with Gasteiger partial charge in [-0.15, -0.1) is 10.2 Å². The molecular weight excluding hydrogens is 548 g/mol. The molecule has 0 spiro atoms. The number of nitro benzene ring substituents is 2. The van der Waals surface area contributed by atoms with Crippen LogP contribution in [-0.2, 0) is 0 Å². The molecule has 0 saturated carbocycles. The second kappa shape index (κ2) is 21.0. The van der Waals surface area contributed by atoms with Crippen LogP contribution in [0.1, 0.15) is 48.4 Å². The molecule has 19 nitrogen and oxygen atoms in total. The molecule has 0 fully saturated rings. The third-order valence-corrected chi connectivity index (χ3v) is 3.40. The van der Waals surface area contributed by atoms with E-state index in [-0.39, 0.29) is 39.9 Å². The number of hydrogen-bond acceptors (Lipinski definition) is 10. The van der Waals surface area contributed by atoms with Gasteiger partial charge >= 0.3 is 11.9 Å². The van der Waals surface area contributed by atoms with E-state index in [4.69, 9.17) is 22.9 Å². The molecule has 2 rings (SSSR count). The molecule has 0 unspecified atom stereocenters. The number of nitro groups is 2.